The minimum atomic E-state index is -4.69. The Hall–Kier alpha value is -4.60. The molecule has 88 heavy (non-hydrogen) atoms. The Labute approximate surface area is 590 Å². The molecule has 0 amide bonds. The summed E-state index contributed by atoms with van der Waals surface area (Å²) < 4.78 is 244. The number of esters is 2. The van der Waals surface area contributed by atoms with Gasteiger partial charge in [0.1, 0.15) is 4.83 Å². The molecule has 3 heterocycles. The predicted octanol–water partition coefficient (Wildman–Crippen LogP) is 3.61. The van der Waals surface area contributed by atoms with Crippen LogP contribution in [0.1, 0.15) is 82.4 Å². The van der Waals surface area contributed by atoms with E-state index in [-0.39, 0.29) is 171 Å². The fraction of sp³-hybridized carbons (Fsp3) is 0.260. The van der Waals surface area contributed by atoms with Gasteiger partial charge in [0.05, 0.1) is 46.6 Å². The molecule has 468 valence electrons. The number of hydrogen-bond donors (Lipinski definition) is 2. The molecule has 38 heteroatoms. The van der Waals surface area contributed by atoms with Crippen molar-refractivity contribution in [2.24, 2.45) is 0 Å². The van der Waals surface area contributed by atoms with Crippen LogP contribution in [0.4, 0.5) is 79.0 Å². The molecule has 0 aliphatic rings. The second-order valence-corrected chi connectivity index (χ2v) is 16.4. The second kappa shape index (κ2) is 39.6. The van der Waals surface area contributed by atoms with E-state index in [1.54, 1.807) is 6.92 Å². The normalized spacial score (nSPS) is 12.1. The molecule has 6 aromatic rings. The zero-order chi connectivity index (χ0) is 64.0. The summed E-state index contributed by atoms with van der Waals surface area (Å²) in [4.78, 5) is 64.1. The van der Waals surface area contributed by atoms with Gasteiger partial charge < -0.3 is 46.1 Å². The number of aromatic nitrogens is 3. The molecule has 0 spiro atoms. The maximum absolute atomic E-state index is 12.9. The van der Waals surface area contributed by atoms with Crippen LogP contribution in [0.3, 0.4) is 0 Å². The molecule has 3 aromatic carbocycles. The summed E-state index contributed by atoms with van der Waals surface area (Å²) in [7, 11) is 0. The number of halogens is 19. The number of carboxylic acids is 1. The van der Waals surface area contributed by atoms with Crippen LogP contribution in [-0.4, -0.2) is 63.1 Å². The number of carboxylic acid groups (broad SMARTS) is 1. The minimum Gasteiger partial charge on any atom is -1.00 e. The van der Waals surface area contributed by atoms with Gasteiger partial charge in [-0.2, -0.15) is 79.0 Å². The molecule has 3 aromatic heterocycles. The third-order valence-corrected chi connectivity index (χ3v) is 10.4. The number of benzene rings is 3. The summed E-state index contributed by atoms with van der Waals surface area (Å²) in [6.45, 7) is 3.04. The molecule has 16 nitrogen and oxygen atoms in total. The molecule has 3 N–H and O–H groups in total. The van der Waals surface area contributed by atoms with Crippen LogP contribution in [0.5, 0.6) is 11.8 Å². The van der Waals surface area contributed by atoms with Gasteiger partial charge in [-0.3, -0.25) is 14.4 Å². The average Bonchev–Trinajstić information content (AvgIpc) is 3.42. The van der Waals surface area contributed by atoms with Gasteiger partial charge in [0.2, 0.25) is 29.5 Å². The third-order valence-electron chi connectivity index (χ3n) is 9.51. The average molecular weight is 1400 g/mol. The van der Waals surface area contributed by atoms with Crippen molar-refractivity contribution < 1.29 is 261 Å². The van der Waals surface area contributed by atoms with Crippen molar-refractivity contribution in [3.8, 4) is 11.8 Å². The van der Waals surface area contributed by atoms with E-state index in [1.165, 1.54) is 25.1 Å². The van der Waals surface area contributed by atoms with Gasteiger partial charge >= 0.3 is 177 Å². The first-order valence-corrected chi connectivity index (χ1v) is 23.3. The standard InChI is InChI=1S/C17H13F6NO3.C15H9F6NO3.C11H10BrF3O2.C6H4F3NO.CH2O3.2K.Li.H2O.H/c1-2-26-15(25)14(10-4-3-5-11(8-10)16(18,19)20)27-13-7-6-12(9-24-13)17(21,22)23;16-14(17,18)9-3-1-2-8(6-9)12(13(23)24)25-11-5-4-10(7-22-11)15(19,20)21;1-2-17-10(16)9(12)7-4-3-5-8(6-7)11(13,14)15;7-6(8,9)4-1-2-5(11)10-3-4;2-1-4-3;;;;;/h3-9,14H,2H2,1H3;1-7,12H,(H,23,24);3-6,9H,2H2,1H3;1-3H,(H,10,11);1,3H;;;;1H2;/q;;;;;3*+1;;-1/p-2. The Balaban J connectivity index is -0.000000540. The quantitative estimate of drug-likeness (QED) is 0.0319. The molecule has 0 aliphatic heterocycles. The van der Waals surface area contributed by atoms with Crippen molar-refractivity contribution in [2.75, 3.05) is 13.2 Å². The number of H-pyrrole nitrogens is 1. The summed E-state index contributed by atoms with van der Waals surface area (Å²) in [6.07, 6.45) is -29.3. The molecule has 3 unspecified atom stereocenters. The maximum Gasteiger partial charge on any atom is 1.00 e. The van der Waals surface area contributed by atoms with E-state index in [0.717, 1.165) is 66.7 Å². The van der Waals surface area contributed by atoms with Crippen LogP contribution < -0.4 is 142 Å². The van der Waals surface area contributed by atoms with Gasteiger partial charge in [-0.15, -0.1) is 0 Å². The van der Waals surface area contributed by atoms with E-state index < -0.39 is 117 Å². The van der Waals surface area contributed by atoms with Crippen LogP contribution in [-0.2, 0) is 70.6 Å². The van der Waals surface area contributed by atoms with Gasteiger partial charge in [0.25, 0.3) is 6.47 Å². The number of carbonyl (C=O) groups is 4. The molecule has 0 saturated heterocycles. The van der Waals surface area contributed by atoms with Gasteiger partial charge in [0.15, 0.2) is 0 Å². The monoisotopic (exact) mass is 1400 g/mol. The number of carbonyl (C=O) groups excluding carboxylic acids is 3. The zero-order valence-corrected chi connectivity index (χ0v) is 53.1. The van der Waals surface area contributed by atoms with E-state index in [4.69, 9.17) is 34.1 Å². The first-order valence-electron chi connectivity index (χ1n) is 22.4. The number of ether oxygens (including phenoxy) is 4. The summed E-state index contributed by atoms with van der Waals surface area (Å²) in [5, 5.41) is 17.6. The summed E-state index contributed by atoms with van der Waals surface area (Å²) in [6, 6.07) is 16.3. The van der Waals surface area contributed by atoms with E-state index in [1.807, 2.05) is 4.98 Å². The topological polar surface area (TPSA) is 246 Å². The Morgan fingerprint density at radius 1 is 0.557 bits per heavy atom. The molecular formula is C50H39BrF18K2LiN3O13. The van der Waals surface area contributed by atoms with Crippen LogP contribution in [0.25, 0.3) is 0 Å². The van der Waals surface area contributed by atoms with E-state index >= 15 is 0 Å². The Bertz CT molecular complexity index is 3130. The van der Waals surface area contributed by atoms with E-state index in [2.05, 4.69) is 30.8 Å². The Morgan fingerprint density at radius 2 is 0.886 bits per heavy atom. The van der Waals surface area contributed by atoms with Gasteiger partial charge in [0, 0.05) is 47.9 Å². The number of nitrogens with zero attached hydrogens (tertiary/aromatic N) is 2. The Morgan fingerprint density at radius 3 is 1.19 bits per heavy atom. The van der Waals surface area contributed by atoms with E-state index in [0.29, 0.717) is 42.9 Å². The van der Waals surface area contributed by atoms with Crippen LogP contribution in [0.15, 0.2) is 133 Å². The van der Waals surface area contributed by atoms with Gasteiger partial charge in [-0.1, -0.05) is 58.4 Å². The van der Waals surface area contributed by atoms with Crippen molar-refractivity contribution in [2.45, 2.75) is 67.9 Å². The first-order chi connectivity index (χ1) is 38.8. The Kier molecular flexibility index (Phi) is 39.4. The van der Waals surface area contributed by atoms with E-state index in [9.17, 15) is 98.2 Å². The summed E-state index contributed by atoms with van der Waals surface area (Å²) >= 11 is 3.01. The van der Waals surface area contributed by atoms with Crippen molar-refractivity contribution in [1.29, 1.82) is 0 Å². The number of pyridine rings is 3. The molecular weight excluding hydrogens is 1360 g/mol. The van der Waals surface area contributed by atoms with Gasteiger partial charge in [-0.25, -0.2) is 19.6 Å². The predicted molar refractivity (Wildman–Crippen MR) is 254 cm³/mol. The smallest absolute Gasteiger partial charge is 1.00 e. The van der Waals surface area contributed by atoms with Crippen molar-refractivity contribution in [3.63, 3.8) is 0 Å². The van der Waals surface area contributed by atoms with Crippen molar-refractivity contribution in [3.05, 3.63) is 188 Å². The first kappa shape index (κ1) is 87.6. The summed E-state index contributed by atoms with van der Waals surface area (Å²) in [5.74, 6) is -4.08. The zero-order valence-electron chi connectivity index (χ0n) is 46.3. The third kappa shape index (κ3) is 30.9. The molecule has 0 bridgehead atoms. The van der Waals surface area contributed by atoms with Crippen LogP contribution in [0, 0.1) is 0 Å². The fourth-order valence-corrected chi connectivity index (χ4v) is 6.19. The molecule has 3 atom stereocenters. The number of alkyl halides is 19. The number of nitrogens with one attached hydrogen (secondary N) is 1. The number of aliphatic carboxylic acids is 1. The molecule has 0 radical (unpaired) electrons. The molecule has 0 saturated carbocycles. The van der Waals surface area contributed by atoms with Crippen molar-refractivity contribution >= 4 is 40.3 Å². The number of aromatic amines is 1. The van der Waals surface area contributed by atoms with Crippen molar-refractivity contribution in [1.82, 2.24) is 15.0 Å². The maximum atomic E-state index is 12.9. The largest absolute Gasteiger partial charge is 1.00 e. The SMILES string of the molecule is CCOC(=O)C(Br)c1cccc(C(F)(F)F)c1.CCOC(=O)C(Oc1ccc(C(F)(F)F)cn1)c1cccc(C(F)(F)F)c1.O=C(O)C(Oc1ccc(C(F)(F)F)cn1)c1cccc(C(F)(F)F)c1.O=CO[O-].O=c1ccc(C(F)(F)F)c[nH]1.[H-].[K+].[K+].[Li+].[OH-]. The van der Waals surface area contributed by atoms with Gasteiger partial charge in [-0.05, 0) is 67.9 Å². The van der Waals surface area contributed by atoms with Crippen LogP contribution in [0.2, 0.25) is 0 Å². The molecule has 0 aliphatic carbocycles. The number of hydrogen-bond acceptors (Lipinski definition) is 14. The minimum absolute atomic E-state index is 0. The molecule has 0 fully saturated rings. The summed E-state index contributed by atoms with van der Waals surface area (Å²) in [5.41, 5.74) is -6.68. The number of rotatable bonds is 13. The fourth-order valence-electron chi connectivity index (χ4n) is 5.78. The second-order valence-electron chi connectivity index (χ2n) is 15.5. The molecule has 6 rings (SSSR count). The van der Waals surface area contributed by atoms with Crippen LogP contribution >= 0.6 is 15.9 Å².